The minimum atomic E-state index is 0.877. The molecule has 0 aliphatic heterocycles. The van der Waals surface area contributed by atoms with E-state index in [4.69, 9.17) is 4.42 Å². The molecular weight excluding hydrogens is 224 g/mol. The lowest BCUT2D eigenvalue weighted by molar-refractivity contribution is -0.588. The van der Waals surface area contributed by atoms with Crippen LogP contribution in [0.3, 0.4) is 0 Å². The predicted octanol–water partition coefficient (Wildman–Crippen LogP) is 2.67. The maximum atomic E-state index is 5.59. The second kappa shape index (κ2) is 4.18. The van der Waals surface area contributed by atoms with Crippen LogP contribution in [0, 0.1) is 13.1 Å². The van der Waals surface area contributed by atoms with E-state index in [9.17, 15) is 0 Å². The highest BCUT2D eigenvalue weighted by Gasteiger charge is 2.15. The summed E-state index contributed by atoms with van der Waals surface area (Å²) in [5.41, 5.74) is 2.19. The molecule has 0 amide bonds. The SMILES string of the molecule is Cc1ccoc1-c1n(C)c[c-][n+]1-c1ccccc1. The van der Waals surface area contributed by atoms with Gasteiger partial charge in [-0.3, -0.25) is 4.57 Å². The zero-order valence-electron chi connectivity index (χ0n) is 10.4. The van der Waals surface area contributed by atoms with Gasteiger partial charge in [0.2, 0.25) is 5.82 Å². The molecule has 3 rings (SSSR count). The van der Waals surface area contributed by atoms with Gasteiger partial charge in [-0.2, -0.15) is 0 Å². The number of hydrogen-bond donors (Lipinski definition) is 0. The third kappa shape index (κ3) is 1.64. The zero-order valence-corrected chi connectivity index (χ0v) is 10.4. The number of benzene rings is 1. The van der Waals surface area contributed by atoms with Crippen molar-refractivity contribution in [3.8, 4) is 17.3 Å². The number of imidazole rings is 1. The van der Waals surface area contributed by atoms with Crippen LogP contribution in [0.2, 0.25) is 0 Å². The molecule has 0 bridgehead atoms. The highest BCUT2D eigenvalue weighted by molar-refractivity contribution is 5.50. The molecule has 0 aliphatic carbocycles. The van der Waals surface area contributed by atoms with Crippen LogP contribution in [-0.4, -0.2) is 4.57 Å². The van der Waals surface area contributed by atoms with Crippen molar-refractivity contribution in [2.75, 3.05) is 0 Å². The summed E-state index contributed by atoms with van der Waals surface area (Å²) in [6.45, 7) is 2.04. The van der Waals surface area contributed by atoms with Gasteiger partial charge in [-0.25, -0.2) is 0 Å². The first-order chi connectivity index (χ1) is 8.77. The fourth-order valence-electron chi connectivity index (χ4n) is 2.06. The van der Waals surface area contributed by atoms with Gasteiger partial charge in [-0.1, -0.05) is 30.3 Å². The molecule has 1 aromatic carbocycles. The minimum Gasteiger partial charge on any atom is -0.469 e. The van der Waals surface area contributed by atoms with Gasteiger partial charge in [-0.05, 0) is 18.6 Å². The Bertz CT molecular complexity index is 665. The summed E-state index contributed by atoms with van der Waals surface area (Å²) in [6, 6.07) is 12.1. The summed E-state index contributed by atoms with van der Waals surface area (Å²) in [5.74, 6) is 1.87. The maximum Gasteiger partial charge on any atom is 0.221 e. The lowest BCUT2D eigenvalue weighted by atomic mass is 10.2. The van der Waals surface area contributed by atoms with E-state index in [0.29, 0.717) is 0 Å². The van der Waals surface area contributed by atoms with Crippen LogP contribution in [0.25, 0.3) is 17.3 Å². The summed E-state index contributed by atoms with van der Waals surface area (Å²) in [6.07, 6.45) is 6.85. The Hall–Kier alpha value is -2.29. The molecule has 2 aromatic heterocycles. The van der Waals surface area contributed by atoms with Gasteiger partial charge in [0.25, 0.3) is 0 Å². The highest BCUT2D eigenvalue weighted by Crippen LogP contribution is 2.21. The van der Waals surface area contributed by atoms with E-state index < -0.39 is 0 Å². The maximum absolute atomic E-state index is 5.59. The number of para-hydroxylation sites is 1. The van der Waals surface area contributed by atoms with Crippen LogP contribution in [0.4, 0.5) is 0 Å². The largest absolute Gasteiger partial charge is 0.469 e. The predicted molar refractivity (Wildman–Crippen MR) is 68.2 cm³/mol. The first-order valence-electron chi connectivity index (χ1n) is 5.86. The summed E-state index contributed by atoms with van der Waals surface area (Å²) < 4.78 is 9.61. The molecule has 0 unspecified atom stereocenters. The Balaban J connectivity index is 2.22. The fourth-order valence-corrected chi connectivity index (χ4v) is 2.06. The quantitative estimate of drug-likeness (QED) is 0.497. The first-order valence-corrected chi connectivity index (χ1v) is 5.86. The number of hydrogen-bond acceptors (Lipinski definition) is 1. The molecule has 0 fully saturated rings. The van der Waals surface area contributed by atoms with E-state index in [-0.39, 0.29) is 0 Å². The van der Waals surface area contributed by atoms with Gasteiger partial charge >= 0.3 is 0 Å². The van der Waals surface area contributed by atoms with Crippen molar-refractivity contribution < 1.29 is 8.98 Å². The average Bonchev–Trinajstić information content (AvgIpc) is 2.96. The Morgan fingerprint density at radius 2 is 1.94 bits per heavy atom. The normalized spacial score (nSPS) is 10.8. The van der Waals surface area contributed by atoms with E-state index >= 15 is 0 Å². The van der Waals surface area contributed by atoms with Gasteiger partial charge in [0.1, 0.15) is 0 Å². The minimum absolute atomic E-state index is 0.877. The third-order valence-corrected chi connectivity index (χ3v) is 3.01. The average molecular weight is 238 g/mol. The van der Waals surface area contributed by atoms with E-state index in [0.717, 1.165) is 22.8 Å². The molecule has 18 heavy (non-hydrogen) atoms. The smallest absolute Gasteiger partial charge is 0.221 e. The van der Waals surface area contributed by atoms with Crippen molar-refractivity contribution in [1.29, 1.82) is 0 Å². The number of nitrogens with zero attached hydrogens (tertiary/aromatic N) is 2. The Morgan fingerprint density at radius 1 is 1.17 bits per heavy atom. The molecule has 2 heterocycles. The number of furan rings is 1. The summed E-state index contributed by atoms with van der Waals surface area (Å²) in [7, 11) is 1.99. The number of rotatable bonds is 2. The molecule has 0 spiro atoms. The molecule has 3 nitrogen and oxygen atoms in total. The molecule has 0 aliphatic rings. The Morgan fingerprint density at radius 3 is 2.61 bits per heavy atom. The van der Waals surface area contributed by atoms with Crippen molar-refractivity contribution in [2.45, 2.75) is 6.92 Å². The summed E-state index contributed by atoms with van der Waals surface area (Å²) >= 11 is 0. The van der Waals surface area contributed by atoms with Crippen molar-refractivity contribution in [1.82, 2.24) is 4.57 Å². The van der Waals surface area contributed by atoms with Crippen molar-refractivity contribution in [3.05, 3.63) is 60.6 Å². The molecule has 0 N–H and O–H groups in total. The molecule has 3 aromatic rings. The van der Waals surface area contributed by atoms with Gasteiger partial charge in [0.15, 0.2) is 5.76 Å². The lowest BCUT2D eigenvalue weighted by Crippen LogP contribution is -2.32. The summed E-state index contributed by atoms with van der Waals surface area (Å²) in [4.78, 5) is 0. The Labute approximate surface area is 106 Å². The zero-order chi connectivity index (χ0) is 12.5. The highest BCUT2D eigenvalue weighted by atomic mass is 16.3. The lowest BCUT2D eigenvalue weighted by Gasteiger charge is -2.10. The van der Waals surface area contributed by atoms with Crippen LogP contribution in [0.5, 0.6) is 0 Å². The van der Waals surface area contributed by atoms with Crippen LogP contribution < -0.4 is 4.57 Å². The van der Waals surface area contributed by atoms with E-state index in [1.165, 1.54) is 0 Å². The number of aromatic nitrogens is 2. The van der Waals surface area contributed by atoms with Crippen LogP contribution >= 0.6 is 0 Å². The molecule has 0 radical (unpaired) electrons. The van der Waals surface area contributed by atoms with Gasteiger partial charge < -0.3 is 8.98 Å². The monoisotopic (exact) mass is 238 g/mol. The standard InChI is InChI=1S/C15H14N2O/c1-12-8-11-18-14(12)15-16(2)9-10-17(15)13-6-4-3-5-7-13/h3-9,11H,1-2H3. The van der Waals surface area contributed by atoms with Gasteiger partial charge in [0.05, 0.1) is 25.7 Å². The van der Waals surface area contributed by atoms with E-state index in [2.05, 4.69) is 18.3 Å². The molecule has 0 atom stereocenters. The molecular formula is C15H14N2O. The Kier molecular flexibility index (Phi) is 2.52. The van der Waals surface area contributed by atoms with Crippen LogP contribution in [-0.2, 0) is 7.05 Å². The van der Waals surface area contributed by atoms with Crippen molar-refractivity contribution in [3.63, 3.8) is 0 Å². The second-order valence-electron chi connectivity index (χ2n) is 4.30. The topological polar surface area (TPSA) is 21.9 Å². The first kappa shape index (κ1) is 10.8. The molecule has 0 saturated heterocycles. The second-order valence-corrected chi connectivity index (χ2v) is 4.30. The molecule has 0 saturated carbocycles. The van der Waals surface area contributed by atoms with Gasteiger partial charge in [-0.15, -0.1) is 0 Å². The van der Waals surface area contributed by atoms with Crippen LogP contribution in [0.15, 0.2) is 53.3 Å². The van der Waals surface area contributed by atoms with E-state index in [1.807, 2.05) is 53.6 Å². The molecule has 3 heteroatoms. The third-order valence-electron chi connectivity index (χ3n) is 3.01. The fraction of sp³-hybridized carbons (Fsp3) is 0.133. The number of aryl methyl sites for hydroxylation is 2. The van der Waals surface area contributed by atoms with E-state index in [1.54, 1.807) is 6.26 Å². The van der Waals surface area contributed by atoms with Crippen LogP contribution in [0.1, 0.15) is 5.56 Å². The summed E-state index contributed by atoms with van der Waals surface area (Å²) in [5, 5.41) is 0. The van der Waals surface area contributed by atoms with Crippen molar-refractivity contribution in [2.24, 2.45) is 7.05 Å². The van der Waals surface area contributed by atoms with Crippen molar-refractivity contribution >= 4 is 0 Å². The van der Waals surface area contributed by atoms with Gasteiger partial charge in [0, 0.05) is 5.69 Å². The molecule has 90 valence electrons.